The minimum Gasteiger partial charge on any atom is -0.340 e. The maximum absolute atomic E-state index is 12.2. The van der Waals surface area contributed by atoms with E-state index in [0.717, 1.165) is 0 Å². The van der Waals surface area contributed by atoms with Crippen LogP contribution in [0.2, 0.25) is 10.0 Å². The van der Waals surface area contributed by atoms with Crippen LogP contribution in [0.25, 0.3) is 0 Å². The smallest absolute Gasteiger partial charge is 0.227 e. The lowest BCUT2D eigenvalue weighted by Crippen LogP contribution is -2.34. The summed E-state index contributed by atoms with van der Waals surface area (Å²) in [5.74, 6) is -0.167. The summed E-state index contributed by atoms with van der Waals surface area (Å²) >= 11 is 11.9. The molecule has 0 N–H and O–H groups in total. The van der Waals surface area contributed by atoms with E-state index in [1.165, 1.54) is 4.90 Å². The number of nitriles is 2. The molecule has 104 valence electrons. The minimum absolute atomic E-state index is 0.107. The molecule has 0 bridgehead atoms. The number of hydrogen-bond donors (Lipinski definition) is 0. The molecule has 1 aromatic carbocycles. The van der Waals surface area contributed by atoms with Crippen molar-refractivity contribution in [1.82, 2.24) is 4.90 Å². The lowest BCUT2D eigenvalue weighted by Gasteiger charge is -2.20. The van der Waals surface area contributed by atoms with Gasteiger partial charge in [0.2, 0.25) is 5.91 Å². The average molecular weight is 310 g/mol. The second kappa shape index (κ2) is 8.43. The molecule has 0 heterocycles. The maximum atomic E-state index is 12.2. The number of halogens is 2. The Labute approximate surface area is 128 Å². The second-order valence-corrected chi connectivity index (χ2v) is 4.95. The zero-order chi connectivity index (χ0) is 15.0. The lowest BCUT2D eigenvalue weighted by molar-refractivity contribution is -0.130. The molecule has 0 saturated heterocycles. The summed E-state index contributed by atoms with van der Waals surface area (Å²) in [6.07, 6.45) is 0.580. The van der Waals surface area contributed by atoms with Crippen molar-refractivity contribution in [3.63, 3.8) is 0 Å². The Kier molecular flexibility index (Phi) is 6.87. The number of carbonyl (C=O) groups excluding carboxylic acids is 1. The van der Waals surface area contributed by atoms with Crippen molar-refractivity contribution >= 4 is 29.1 Å². The number of carbonyl (C=O) groups is 1. The zero-order valence-electron chi connectivity index (χ0n) is 10.8. The van der Waals surface area contributed by atoms with Crippen LogP contribution in [0.1, 0.15) is 18.4 Å². The first kappa shape index (κ1) is 16.3. The SMILES string of the molecule is N#CCCN(CCC#N)C(=O)Cc1cc(Cl)ccc1Cl. The van der Waals surface area contributed by atoms with E-state index in [-0.39, 0.29) is 25.2 Å². The Hall–Kier alpha value is -1.75. The van der Waals surface area contributed by atoms with Crippen molar-refractivity contribution in [3.05, 3.63) is 33.8 Å². The fourth-order valence-corrected chi connectivity index (χ4v) is 2.06. The van der Waals surface area contributed by atoms with Crippen LogP contribution < -0.4 is 0 Å². The standard InChI is InChI=1S/C14H13Cl2N3O/c15-12-3-4-13(16)11(9-12)10-14(20)19(7-1-5-17)8-2-6-18/h3-4,9H,1-2,7-8,10H2. The van der Waals surface area contributed by atoms with Crippen LogP contribution in [-0.4, -0.2) is 23.9 Å². The molecular formula is C14H13Cl2N3O. The highest BCUT2D eigenvalue weighted by Crippen LogP contribution is 2.21. The van der Waals surface area contributed by atoms with Gasteiger partial charge >= 0.3 is 0 Å². The fourth-order valence-electron chi connectivity index (χ4n) is 1.68. The van der Waals surface area contributed by atoms with Crippen molar-refractivity contribution < 1.29 is 4.79 Å². The summed E-state index contributed by atoms with van der Waals surface area (Å²) < 4.78 is 0. The van der Waals surface area contributed by atoms with Gasteiger partial charge in [0.1, 0.15) is 0 Å². The molecule has 20 heavy (non-hydrogen) atoms. The highest BCUT2D eigenvalue weighted by molar-refractivity contribution is 6.33. The summed E-state index contributed by atoms with van der Waals surface area (Å²) in [4.78, 5) is 13.7. The van der Waals surface area contributed by atoms with E-state index < -0.39 is 0 Å². The maximum Gasteiger partial charge on any atom is 0.227 e. The van der Waals surface area contributed by atoms with Crippen LogP contribution in [-0.2, 0) is 11.2 Å². The summed E-state index contributed by atoms with van der Waals surface area (Å²) in [6.45, 7) is 0.629. The number of rotatable bonds is 6. The summed E-state index contributed by atoms with van der Waals surface area (Å²) in [5, 5.41) is 18.2. The third kappa shape index (κ3) is 5.09. The van der Waals surface area contributed by atoms with Crippen LogP contribution in [0.3, 0.4) is 0 Å². The predicted octanol–water partition coefficient (Wildman–Crippen LogP) is 3.19. The Balaban J connectivity index is 2.76. The normalized spacial score (nSPS) is 9.60. The molecule has 0 unspecified atom stereocenters. The highest BCUT2D eigenvalue weighted by Gasteiger charge is 2.15. The lowest BCUT2D eigenvalue weighted by atomic mass is 10.1. The van der Waals surface area contributed by atoms with E-state index in [1.807, 2.05) is 12.1 Å². The van der Waals surface area contributed by atoms with Gasteiger partial charge in [0.25, 0.3) is 0 Å². The number of benzene rings is 1. The predicted molar refractivity (Wildman–Crippen MR) is 77.2 cm³/mol. The first-order chi connectivity index (χ1) is 9.58. The van der Waals surface area contributed by atoms with Crippen LogP contribution >= 0.6 is 23.2 Å². The van der Waals surface area contributed by atoms with Crippen molar-refractivity contribution in [1.29, 1.82) is 10.5 Å². The summed E-state index contributed by atoms with van der Waals surface area (Å²) in [6, 6.07) is 8.92. The van der Waals surface area contributed by atoms with Crippen LogP contribution in [0.5, 0.6) is 0 Å². The molecule has 0 saturated carbocycles. The molecule has 4 nitrogen and oxygen atoms in total. The Morgan fingerprint density at radius 2 is 1.75 bits per heavy atom. The molecule has 6 heteroatoms. The molecule has 0 fully saturated rings. The highest BCUT2D eigenvalue weighted by atomic mass is 35.5. The number of hydrogen-bond acceptors (Lipinski definition) is 3. The van der Waals surface area contributed by atoms with Gasteiger partial charge in [0, 0.05) is 23.1 Å². The Morgan fingerprint density at radius 3 is 2.30 bits per heavy atom. The summed E-state index contributed by atoms with van der Waals surface area (Å²) in [5.41, 5.74) is 0.642. The van der Waals surface area contributed by atoms with Gasteiger partial charge in [0.05, 0.1) is 31.4 Å². The van der Waals surface area contributed by atoms with Gasteiger partial charge in [0.15, 0.2) is 0 Å². The first-order valence-corrected chi connectivity index (χ1v) is 6.79. The minimum atomic E-state index is -0.167. The second-order valence-electron chi connectivity index (χ2n) is 4.11. The molecule has 1 aromatic rings. The van der Waals surface area contributed by atoms with Crippen molar-refractivity contribution in [2.24, 2.45) is 0 Å². The van der Waals surface area contributed by atoms with Crippen molar-refractivity contribution in [2.75, 3.05) is 13.1 Å². The largest absolute Gasteiger partial charge is 0.340 e. The summed E-state index contributed by atoms with van der Waals surface area (Å²) in [7, 11) is 0. The van der Waals surface area contributed by atoms with Gasteiger partial charge in [-0.15, -0.1) is 0 Å². The number of amides is 1. The topological polar surface area (TPSA) is 67.9 Å². The third-order valence-corrected chi connectivity index (χ3v) is 3.29. The van der Waals surface area contributed by atoms with E-state index in [1.54, 1.807) is 18.2 Å². The van der Waals surface area contributed by atoms with Gasteiger partial charge in [-0.1, -0.05) is 23.2 Å². The third-order valence-electron chi connectivity index (χ3n) is 2.69. The van der Waals surface area contributed by atoms with Gasteiger partial charge in [-0.05, 0) is 23.8 Å². The fraction of sp³-hybridized carbons (Fsp3) is 0.357. The molecule has 0 atom stereocenters. The molecule has 0 aromatic heterocycles. The van der Waals surface area contributed by atoms with E-state index in [4.69, 9.17) is 33.7 Å². The Morgan fingerprint density at radius 1 is 1.15 bits per heavy atom. The van der Waals surface area contributed by atoms with Gasteiger partial charge in [-0.2, -0.15) is 10.5 Å². The molecule has 1 rings (SSSR count). The monoisotopic (exact) mass is 309 g/mol. The molecule has 0 aliphatic heterocycles. The van der Waals surface area contributed by atoms with Gasteiger partial charge < -0.3 is 4.90 Å². The number of nitrogens with zero attached hydrogens (tertiary/aromatic N) is 3. The Bertz CT molecular complexity index is 543. The van der Waals surface area contributed by atoms with Gasteiger partial charge in [-0.25, -0.2) is 0 Å². The molecule has 0 radical (unpaired) electrons. The molecule has 1 amide bonds. The van der Waals surface area contributed by atoms with E-state index >= 15 is 0 Å². The van der Waals surface area contributed by atoms with Crippen molar-refractivity contribution in [2.45, 2.75) is 19.3 Å². The average Bonchev–Trinajstić information content (AvgIpc) is 2.43. The first-order valence-electron chi connectivity index (χ1n) is 6.04. The van der Waals surface area contributed by atoms with Crippen molar-refractivity contribution in [3.8, 4) is 12.1 Å². The van der Waals surface area contributed by atoms with Crippen LogP contribution in [0, 0.1) is 22.7 Å². The molecule has 0 spiro atoms. The van der Waals surface area contributed by atoms with Crippen LogP contribution in [0.4, 0.5) is 0 Å². The van der Waals surface area contributed by atoms with E-state index in [2.05, 4.69) is 0 Å². The molecule has 0 aliphatic carbocycles. The quantitative estimate of drug-likeness (QED) is 0.810. The van der Waals surface area contributed by atoms with E-state index in [9.17, 15) is 4.79 Å². The zero-order valence-corrected chi connectivity index (χ0v) is 12.3. The molecular weight excluding hydrogens is 297 g/mol. The van der Waals surface area contributed by atoms with Gasteiger partial charge in [-0.3, -0.25) is 4.79 Å². The van der Waals surface area contributed by atoms with E-state index in [0.29, 0.717) is 28.7 Å². The van der Waals surface area contributed by atoms with Crippen LogP contribution in [0.15, 0.2) is 18.2 Å². The molecule has 0 aliphatic rings.